The Kier molecular flexibility index (Phi) is 2.96. The zero-order valence-electron chi connectivity index (χ0n) is 10.3. The molecular formula is C14H10N4O2. The molecule has 0 radical (unpaired) electrons. The maximum atomic E-state index is 10.7. The van der Waals surface area contributed by atoms with Crippen molar-refractivity contribution in [2.75, 3.05) is 5.32 Å². The lowest BCUT2D eigenvalue weighted by molar-refractivity contribution is 0.0690. The molecule has 3 aromatic rings. The van der Waals surface area contributed by atoms with Crippen LogP contribution in [0.4, 0.5) is 11.5 Å². The van der Waals surface area contributed by atoms with E-state index in [0.29, 0.717) is 5.82 Å². The number of nitrogens with one attached hydrogen (secondary N) is 1. The largest absolute Gasteiger partial charge is 0.476 e. The number of fused-ring (bicyclic) bond motifs is 1. The summed E-state index contributed by atoms with van der Waals surface area (Å²) in [6.45, 7) is 0. The summed E-state index contributed by atoms with van der Waals surface area (Å²) in [5.74, 6) is -0.612. The summed E-state index contributed by atoms with van der Waals surface area (Å²) in [5.41, 5.74) is 1.66. The molecule has 0 bridgehead atoms. The first kappa shape index (κ1) is 12.0. The van der Waals surface area contributed by atoms with Gasteiger partial charge in [-0.3, -0.25) is 4.98 Å². The van der Waals surface area contributed by atoms with Crippen LogP contribution in [0.1, 0.15) is 10.5 Å². The van der Waals surface area contributed by atoms with Crippen molar-refractivity contribution in [1.82, 2.24) is 15.0 Å². The van der Waals surface area contributed by atoms with Gasteiger partial charge in [0.05, 0.1) is 17.9 Å². The lowest BCUT2D eigenvalue weighted by atomic mass is 10.2. The van der Waals surface area contributed by atoms with Crippen LogP contribution in [0.25, 0.3) is 10.9 Å². The van der Waals surface area contributed by atoms with Crippen molar-refractivity contribution in [2.24, 2.45) is 0 Å². The molecule has 3 rings (SSSR count). The predicted octanol–water partition coefficient (Wildman–Crippen LogP) is 2.47. The van der Waals surface area contributed by atoms with Crippen molar-refractivity contribution in [3.05, 3.63) is 54.6 Å². The molecule has 1 aromatic carbocycles. The standard InChI is InChI=1S/C14H10N4O2/c19-14(20)12-7-17-13(8-16-12)18-10-3-4-11-9(6-10)2-1-5-15-11/h1-8H,(H,17,18)(H,19,20). The van der Waals surface area contributed by atoms with Crippen LogP contribution in [-0.4, -0.2) is 26.0 Å². The molecule has 0 fully saturated rings. The Morgan fingerprint density at radius 2 is 2.00 bits per heavy atom. The van der Waals surface area contributed by atoms with Gasteiger partial charge < -0.3 is 10.4 Å². The molecule has 2 heterocycles. The molecule has 0 aliphatic rings. The zero-order chi connectivity index (χ0) is 13.9. The van der Waals surface area contributed by atoms with Crippen LogP contribution in [0.5, 0.6) is 0 Å². The van der Waals surface area contributed by atoms with E-state index in [1.165, 1.54) is 12.4 Å². The van der Waals surface area contributed by atoms with E-state index >= 15 is 0 Å². The molecule has 0 aliphatic heterocycles. The fourth-order valence-corrected chi connectivity index (χ4v) is 1.80. The van der Waals surface area contributed by atoms with E-state index in [-0.39, 0.29) is 5.69 Å². The average molecular weight is 266 g/mol. The second kappa shape index (κ2) is 4.93. The molecule has 6 nitrogen and oxygen atoms in total. The van der Waals surface area contributed by atoms with Gasteiger partial charge in [0.25, 0.3) is 0 Å². The summed E-state index contributed by atoms with van der Waals surface area (Å²) in [6, 6.07) is 9.55. The first-order valence-electron chi connectivity index (χ1n) is 5.89. The van der Waals surface area contributed by atoms with E-state index in [4.69, 9.17) is 5.11 Å². The quantitative estimate of drug-likeness (QED) is 0.757. The van der Waals surface area contributed by atoms with Crippen molar-refractivity contribution in [1.29, 1.82) is 0 Å². The fraction of sp³-hybridized carbons (Fsp3) is 0. The second-order valence-corrected chi connectivity index (χ2v) is 4.13. The van der Waals surface area contributed by atoms with Crippen LogP contribution in [0, 0.1) is 0 Å². The molecule has 98 valence electrons. The Balaban J connectivity index is 1.87. The topological polar surface area (TPSA) is 88.0 Å². The number of pyridine rings is 1. The van der Waals surface area contributed by atoms with E-state index in [0.717, 1.165) is 16.6 Å². The molecule has 0 saturated heterocycles. The van der Waals surface area contributed by atoms with Gasteiger partial charge >= 0.3 is 5.97 Å². The molecular weight excluding hydrogens is 256 g/mol. The number of carbonyl (C=O) groups is 1. The normalized spacial score (nSPS) is 10.4. The van der Waals surface area contributed by atoms with Gasteiger partial charge in [0.15, 0.2) is 5.69 Å². The van der Waals surface area contributed by atoms with Gasteiger partial charge in [-0.1, -0.05) is 6.07 Å². The van der Waals surface area contributed by atoms with E-state index in [9.17, 15) is 4.79 Å². The summed E-state index contributed by atoms with van der Waals surface area (Å²) in [7, 11) is 0. The highest BCUT2D eigenvalue weighted by molar-refractivity contribution is 5.85. The van der Waals surface area contributed by atoms with Gasteiger partial charge in [0.2, 0.25) is 0 Å². The number of carboxylic acids is 1. The van der Waals surface area contributed by atoms with Crippen LogP contribution in [0.3, 0.4) is 0 Å². The lowest BCUT2D eigenvalue weighted by Gasteiger charge is -2.06. The first-order valence-corrected chi connectivity index (χ1v) is 5.89. The smallest absolute Gasteiger partial charge is 0.356 e. The van der Waals surface area contributed by atoms with Crippen molar-refractivity contribution in [3.63, 3.8) is 0 Å². The number of hydrogen-bond donors (Lipinski definition) is 2. The number of rotatable bonds is 3. The molecule has 0 saturated carbocycles. The molecule has 0 spiro atoms. The summed E-state index contributed by atoms with van der Waals surface area (Å²) in [6.07, 6.45) is 4.34. The number of carboxylic acid groups (broad SMARTS) is 1. The van der Waals surface area contributed by atoms with E-state index in [2.05, 4.69) is 20.3 Å². The van der Waals surface area contributed by atoms with Crippen LogP contribution < -0.4 is 5.32 Å². The van der Waals surface area contributed by atoms with Crippen LogP contribution >= 0.6 is 0 Å². The molecule has 20 heavy (non-hydrogen) atoms. The highest BCUT2D eigenvalue weighted by Crippen LogP contribution is 2.19. The summed E-state index contributed by atoms with van der Waals surface area (Å²) in [5, 5.41) is 12.8. The maximum absolute atomic E-state index is 10.7. The highest BCUT2D eigenvalue weighted by Gasteiger charge is 2.05. The summed E-state index contributed by atoms with van der Waals surface area (Å²) < 4.78 is 0. The monoisotopic (exact) mass is 266 g/mol. The van der Waals surface area contributed by atoms with E-state index < -0.39 is 5.97 Å². The molecule has 2 aromatic heterocycles. The second-order valence-electron chi connectivity index (χ2n) is 4.13. The Hall–Kier alpha value is -3.02. The minimum atomic E-state index is -1.10. The van der Waals surface area contributed by atoms with Crippen molar-refractivity contribution >= 4 is 28.4 Å². The number of hydrogen-bond acceptors (Lipinski definition) is 5. The number of nitrogens with zero attached hydrogens (tertiary/aromatic N) is 3. The third-order valence-electron chi connectivity index (χ3n) is 2.75. The van der Waals surface area contributed by atoms with Gasteiger partial charge in [-0.2, -0.15) is 0 Å². The maximum Gasteiger partial charge on any atom is 0.356 e. The van der Waals surface area contributed by atoms with Crippen LogP contribution in [-0.2, 0) is 0 Å². The number of benzene rings is 1. The van der Waals surface area contributed by atoms with Gasteiger partial charge in [0.1, 0.15) is 5.82 Å². The van der Waals surface area contributed by atoms with E-state index in [1.54, 1.807) is 6.20 Å². The molecule has 0 amide bonds. The molecule has 0 atom stereocenters. The van der Waals surface area contributed by atoms with Gasteiger partial charge in [-0.15, -0.1) is 0 Å². The van der Waals surface area contributed by atoms with Crippen molar-refractivity contribution in [2.45, 2.75) is 0 Å². The Morgan fingerprint density at radius 1 is 1.10 bits per heavy atom. The fourth-order valence-electron chi connectivity index (χ4n) is 1.80. The molecule has 0 aliphatic carbocycles. The Bertz CT molecular complexity index is 771. The Labute approximate surface area is 114 Å². The summed E-state index contributed by atoms with van der Waals surface area (Å²) >= 11 is 0. The molecule has 0 unspecified atom stereocenters. The number of anilines is 2. The van der Waals surface area contributed by atoms with Gasteiger partial charge in [0, 0.05) is 17.3 Å². The lowest BCUT2D eigenvalue weighted by Crippen LogP contribution is -2.02. The van der Waals surface area contributed by atoms with Crippen LogP contribution in [0.15, 0.2) is 48.9 Å². The third-order valence-corrected chi connectivity index (χ3v) is 2.75. The Morgan fingerprint density at radius 3 is 2.75 bits per heavy atom. The number of aromatic nitrogens is 3. The summed E-state index contributed by atoms with van der Waals surface area (Å²) in [4.78, 5) is 22.7. The SMILES string of the molecule is O=C(O)c1cnc(Nc2ccc3ncccc3c2)cn1. The molecule has 2 N–H and O–H groups in total. The predicted molar refractivity (Wildman–Crippen MR) is 74.0 cm³/mol. The van der Waals surface area contributed by atoms with E-state index in [1.807, 2.05) is 30.3 Å². The third kappa shape index (κ3) is 2.39. The van der Waals surface area contributed by atoms with Crippen molar-refractivity contribution in [3.8, 4) is 0 Å². The van der Waals surface area contributed by atoms with Crippen LogP contribution in [0.2, 0.25) is 0 Å². The first-order chi connectivity index (χ1) is 9.72. The zero-order valence-corrected chi connectivity index (χ0v) is 10.3. The van der Waals surface area contributed by atoms with Gasteiger partial charge in [-0.05, 0) is 24.3 Å². The minimum Gasteiger partial charge on any atom is -0.476 e. The average Bonchev–Trinajstić information content (AvgIpc) is 2.48. The minimum absolute atomic E-state index is 0.0849. The van der Waals surface area contributed by atoms with Gasteiger partial charge in [-0.25, -0.2) is 14.8 Å². The van der Waals surface area contributed by atoms with Crippen molar-refractivity contribution < 1.29 is 9.90 Å². The molecule has 6 heteroatoms. The highest BCUT2D eigenvalue weighted by atomic mass is 16.4. The number of aromatic carboxylic acids is 1.